The highest BCUT2D eigenvalue weighted by atomic mass is 16.5. The Hall–Kier alpha value is -4.39. The molecule has 0 unspecified atom stereocenters. The number of nitrogens with one attached hydrogen (secondary N) is 1. The molecule has 5 aromatic rings. The van der Waals surface area contributed by atoms with Crippen molar-refractivity contribution in [1.82, 2.24) is 19.7 Å². The van der Waals surface area contributed by atoms with Gasteiger partial charge in [-0.1, -0.05) is 48.5 Å². The molecule has 7 nitrogen and oxygen atoms in total. The monoisotopic (exact) mass is 492 g/mol. The van der Waals surface area contributed by atoms with Crippen LogP contribution in [0.25, 0.3) is 22.2 Å². The Balaban J connectivity index is 1.49. The van der Waals surface area contributed by atoms with Crippen LogP contribution in [0.4, 0.5) is 0 Å². The lowest BCUT2D eigenvalue weighted by atomic mass is 9.89. The summed E-state index contributed by atoms with van der Waals surface area (Å²) in [6.07, 6.45) is 0.860. The average Bonchev–Trinajstić information content (AvgIpc) is 3.43. The van der Waals surface area contributed by atoms with Crippen molar-refractivity contribution in [3.63, 3.8) is 0 Å². The molecule has 1 aliphatic heterocycles. The molecule has 0 fully saturated rings. The number of hydrogen-bond acceptors (Lipinski definition) is 5. The van der Waals surface area contributed by atoms with E-state index in [2.05, 4.69) is 65.8 Å². The number of hydrogen-bond donors (Lipinski definition) is 1. The van der Waals surface area contributed by atoms with Gasteiger partial charge in [0.15, 0.2) is 5.82 Å². The predicted octanol–water partition coefficient (Wildman–Crippen LogP) is 5.81. The number of aromatic nitrogens is 4. The summed E-state index contributed by atoms with van der Waals surface area (Å²) in [5.74, 6) is 1.71. The third-order valence-electron chi connectivity index (χ3n) is 7.07. The van der Waals surface area contributed by atoms with Gasteiger partial charge in [0.1, 0.15) is 18.2 Å². The fourth-order valence-corrected chi connectivity index (χ4v) is 5.37. The smallest absolute Gasteiger partial charge is 0.439 e. The molecule has 1 aliphatic rings. The predicted molar refractivity (Wildman–Crippen MR) is 144 cm³/mol. The number of fused-ring (bicyclic) bond motifs is 3. The quantitative estimate of drug-likeness (QED) is 0.342. The van der Waals surface area contributed by atoms with Gasteiger partial charge in [-0.3, -0.25) is 9.51 Å². The normalized spacial score (nSPS) is 14.2. The lowest BCUT2D eigenvalue weighted by Gasteiger charge is -2.15. The Morgan fingerprint density at radius 3 is 2.70 bits per heavy atom. The number of rotatable bonds is 4. The van der Waals surface area contributed by atoms with Gasteiger partial charge in [-0.05, 0) is 72.4 Å². The lowest BCUT2D eigenvalue weighted by Crippen LogP contribution is -2.06. The Kier molecular flexibility index (Phi) is 5.56. The molecule has 7 heteroatoms. The molecule has 186 valence electrons. The van der Waals surface area contributed by atoms with Crippen LogP contribution in [0.5, 0.6) is 5.75 Å². The molecule has 3 heterocycles. The topological polar surface area (TPSA) is 85.9 Å². The summed E-state index contributed by atoms with van der Waals surface area (Å²) in [5, 5.41) is 3.94. The Morgan fingerprint density at radius 1 is 1.08 bits per heavy atom. The minimum atomic E-state index is -0.576. The summed E-state index contributed by atoms with van der Waals surface area (Å²) >= 11 is 0. The van der Waals surface area contributed by atoms with Gasteiger partial charge in [-0.15, -0.1) is 0 Å². The number of nitrogens with zero attached hydrogens (tertiary/aromatic N) is 3. The highest BCUT2D eigenvalue weighted by Gasteiger charge is 2.23. The summed E-state index contributed by atoms with van der Waals surface area (Å²) in [4.78, 5) is 19.3. The van der Waals surface area contributed by atoms with E-state index in [0.717, 1.165) is 57.9 Å². The first-order valence-electron chi connectivity index (χ1n) is 12.5. The van der Waals surface area contributed by atoms with Crippen molar-refractivity contribution in [2.24, 2.45) is 0 Å². The van der Waals surface area contributed by atoms with E-state index in [1.165, 1.54) is 22.2 Å². The number of allylic oxidation sites excluding steroid dienone is 1. The molecule has 0 radical (unpaired) electrons. The van der Waals surface area contributed by atoms with Gasteiger partial charge in [-0.2, -0.15) is 0 Å². The third-order valence-corrected chi connectivity index (χ3v) is 7.07. The van der Waals surface area contributed by atoms with Crippen molar-refractivity contribution in [2.45, 2.75) is 47.3 Å². The minimum absolute atomic E-state index is 0.412. The molecular weight excluding hydrogens is 464 g/mol. The molecule has 0 saturated carbocycles. The van der Waals surface area contributed by atoms with Crippen molar-refractivity contribution in [3.8, 4) is 5.75 Å². The number of imidazole rings is 1. The third kappa shape index (κ3) is 3.96. The highest BCUT2D eigenvalue weighted by molar-refractivity contribution is 5.99. The van der Waals surface area contributed by atoms with Crippen molar-refractivity contribution in [1.29, 1.82) is 0 Å². The first-order valence-corrected chi connectivity index (χ1v) is 12.5. The molecule has 37 heavy (non-hydrogen) atoms. The first-order chi connectivity index (χ1) is 17.9. The molecule has 0 bridgehead atoms. The Bertz CT molecular complexity index is 1750. The van der Waals surface area contributed by atoms with E-state index in [4.69, 9.17) is 14.2 Å². The second kappa shape index (κ2) is 8.92. The summed E-state index contributed by atoms with van der Waals surface area (Å²) in [7, 11) is 0. The average molecular weight is 493 g/mol. The highest BCUT2D eigenvalue weighted by Crippen LogP contribution is 2.40. The van der Waals surface area contributed by atoms with E-state index in [0.29, 0.717) is 12.4 Å². The van der Waals surface area contributed by atoms with Crippen molar-refractivity contribution < 1.29 is 9.26 Å². The lowest BCUT2D eigenvalue weighted by molar-refractivity contribution is 0.307. The maximum Gasteiger partial charge on any atom is 0.439 e. The van der Waals surface area contributed by atoms with E-state index in [-0.39, 0.29) is 0 Å². The maximum atomic E-state index is 11.7. The SMILES string of the molecule is CCc1nc2c(C)cc(C)cc2n1Cc1ccc2c(c1)COc1ccccc1/C2=C(/C)c1noc(=O)[nH]1. The fraction of sp³-hybridized carbons (Fsp3) is 0.233. The largest absolute Gasteiger partial charge is 0.488 e. The fourth-order valence-electron chi connectivity index (χ4n) is 5.37. The van der Waals surface area contributed by atoms with Crippen LogP contribution in [0.3, 0.4) is 0 Å². The zero-order valence-corrected chi connectivity index (χ0v) is 21.4. The van der Waals surface area contributed by atoms with Crippen molar-refractivity contribution in [3.05, 3.63) is 110 Å². The second-order valence-electron chi connectivity index (χ2n) is 9.64. The van der Waals surface area contributed by atoms with Gasteiger partial charge < -0.3 is 9.30 Å². The summed E-state index contributed by atoms with van der Waals surface area (Å²) in [5.41, 5.74) is 10.7. The summed E-state index contributed by atoms with van der Waals surface area (Å²) < 4.78 is 13.4. The summed E-state index contributed by atoms with van der Waals surface area (Å²) in [6, 6.07) is 18.9. The van der Waals surface area contributed by atoms with Crippen LogP contribution in [-0.2, 0) is 19.6 Å². The maximum absolute atomic E-state index is 11.7. The van der Waals surface area contributed by atoms with Crippen LogP contribution in [0.15, 0.2) is 63.9 Å². The number of ether oxygens (including phenoxy) is 1. The zero-order valence-electron chi connectivity index (χ0n) is 21.4. The van der Waals surface area contributed by atoms with Crippen molar-refractivity contribution in [2.75, 3.05) is 0 Å². The number of benzene rings is 3. The van der Waals surface area contributed by atoms with Gasteiger partial charge in [0.05, 0.1) is 11.0 Å². The van der Waals surface area contributed by atoms with Gasteiger partial charge in [0.2, 0.25) is 0 Å². The first kappa shape index (κ1) is 23.0. The number of aryl methyl sites for hydroxylation is 3. The standard InChI is InChI=1S/C30H28N4O3/c1-5-26-31-28-18(3)12-17(2)13-24(28)34(26)15-20-10-11-22-21(14-20)16-36-25-9-7-6-8-23(25)27(22)19(4)29-32-30(35)37-33-29/h6-14H,5,15-16H2,1-4H3,(H,32,33,35)/b27-19-. The molecule has 0 aliphatic carbocycles. The van der Waals surface area contributed by atoms with Crippen molar-refractivity contribution >= 4 is 22.2 Å². The van der Waals surface area contributed by atoms with E-state index in [1.54, 1.807) is 0 Å². The Morgan fingerprint density at radius 2 is 1.92 bits per heavy atom. The Labute approximate surface area is 214 Å². The van der Waals surface area contributed by atoms with E-state index in [9.17, 15) is 4.79 Å². The molecule has 0 saturated heterocycles. The van der Waals surface area contributed by atoms with E-state index < -0.39 is 5.76 Å². The molecule has 1 N–H and O–H groups in total. The molecular formula is C30H28N4O3. The molecule has 0 atom stereocenters. The number of para-hydroxylation sites is 1. The van der Waals surface area contributed by atoms with Crippen LogP contribution < -0.4 is 10.5 Å². The van der Waals surface area contributed by atoms with Gasteiger partial charge >= 0.3 is 5.76 Å². The molecule has 2 aromatic heterocycles. The minimum Gasteiger partial charge on any atom is -0.488 e. The number of aromatic amines is 1. The van der Waals surface area contributed by atoms with Gasteiger partial charge in [-0.25, -0.2) is 9.78 Å². The van der Waals surface area contributed by atoms with Crippen LogP contribution in [0.1, 0.15) is 58.9 Å². The molecule has 0 spiro atoms. The van der Waals surface area contributed by atoms with Crippen LogP contribution in [0, 0.1) is 13.8 Å². The van der Waals surface area contributed by atoms with Gasteiger partial charge in [0.25, 0.3) is 0 Å². The molecule has 0 amide bonds. The van der Waals surface area contributed by atoms with E-state index >= 15 is 0 Å². The van der Waals surface area contributed by atoms with Crippen LogP contribution >= 0.6 is 0 Å². The second-order valence-corrected chi connectivity index (χ2v) is 9.64. The van der Waals surface area contributed by atoms with Crippen LogP contribution in [-0.4, -0.2) is 19.7 Å². The molecule has 3 aromatic carbocycles. The van der Waals surface area contributed by atoms with E-state index in [1.807, 2.05) is 31.2 Å². The molecule has 6 rings (SSSR count). The number of H-pyrrole nitrogens is 1. The van der Waals surface area contributed by atoms with Crippen LogP contribution in [0.2, 0.25) is 0 Å². The zero-order chi connectivity index (χ0) is 25.7. The van der Waals surface area contributed by atoms with Gasteiger partial charge in [0, 0.05) is 24.1 Å². The summed E-state index contributed by atoms with van der Waals surface area (Å²) in [6.45, 7) is 9.51.